The Morgan fingerprint density at radius 3 is 2.45 bits per heavy atom. The van der Waals surface area contributed by atoms with Crippen molar-refractivity contribution in [3.8, 4) is 0 Å². The predicted octanol–water partition coefficient (Wildman–Crippen LogP) is 0.725. The fourth-order valence-corrected chi connectivity index (χ4v) is 0.696. The van der Waals surface area contributed by atoms with Crippen LogP contribution in [0.2, 0.25) is 0 Å². The van der Waals surface area contributed by atoms with E-state index < -0.39 is 0 Å². The van der Waals surface area contributed by atoms with Crippen LogP contribution in [0.3, 0.4) is 0 Å². The molecule has 11 heavy (non-hydrogen) atoms. The standard InChI is InChI=1S/C7H15N4/c1-4-10-7(9)11(5-8)6(2)3/h6,8H,4H2,1-3H3,(H2,9,10). The van der Waals surface area contributed by atoms with Crippen LogP contribution in [0, 0.1) is 10.8 Å². The minimum absolute atomic E-state index is 0.110. The van der Waals surface area contributed by atoms with Gasteiger partial charge >= 0.3 is 0 Å². The van der Waals surface area contributed by atoms with Crippen molar-refractivity contribution in [3.63, 3.8) is 0 Å². The molecule has 0 aromatic heterocycles. The summed E-state index contributed by atoms with van der Waals surface area (Å²) >= 11 is 0. The molecule has 0 aliphatic carbocycles. The average Bonchev–Trinajstić information content (AvgIpc) is 1.88. The van der Waals surface area contributed by atoms with E-state index in [0.29, 0.717) is 6.54 Å². The molecule has 4 nitrogen and oxygen atoms in total. The molecule has 4 heteroatoms. The summed E-state index contributed by atoms with van der Waals surface area (Å²) in [7, 11) is 0. The van der Waals surface area contributed by atoms with Gasteiger partial charge in [-0.15, -0.1) is 0 Å². The number of nitrogens with zero attached hydrogens (tertiary/aromatic N) is 1. The number of hydrogen-bond acceptors (Lipinski definition) is 2. The van der Waals surface area contributed by atoms with E-state index >= 15 is 0 Å². The molecule has 0 saturated carbocycles. The van der Waals surface area contributed by atoms with E-state index in [1.807, 2.05) is 20.8 Å². The van der Waals surface area contributed by atoms with Gasteiger partial charge in [-0.2, -0.15) is 0 Å². The van der Waals surface area contributed by atoms with E-state index in [2.05, 4.69) is 11.7 Å². The molecule has 0 amide bonds. The lowest BCUT2D eigenvalue weighted by Gasteiger charge is -2.22. The second-order valence-corrected chi connectivity index (χ2v) is 2.45. The second kappa shape index (κ2) is 4.71. The highest BCUT2D eigenvalue weighted by Gasteiger charge is 2.09. The highest BCUT2D eigenvalue weighted by molar-refractivity contribution is 5.87. The number of guanidine groups is 1. The Labute approximate surface area is 67.6 Å². The monoisotopic (exact) mass is 155 g/mol. The molecule has 0 heterocycles. The molecule has 0 saturated heterocycles. The Hall–Kier alpha value is -1.06. The molecule has 0 unspecified atom stereocenters. The largest absolute Gasteiger partial charge is 0.356 e. The molecule has 0 aromatic carbocycles. The Balaban J connectivity index is 4.03. The van der Waals surface area contributed by atoms with E-state index in [0.717, 1.165) is 0 Å². The molecule has 0 atom stereocenters. The van der Waals surface area contributed by atoms with Crippen molar-refractivity contribution in [3.05, 3.63) is 0 Å². The first kappa shape index (κ1) is 9.94. The Kier molecular flexibility index (Phi) is 4.26. The molecule has 0 rings (SSSR count). The highest BCUT2D eigenvalue weighted by Crippen LogP contribution is 1.92. The molecule has 0 aromatic rings. The minimum atomic E-state index is 0.110. The maximum absolute atomic E-state index is 7.41. The first-order chi connectivity index (χ1) is 5.13. The van der Waals surface area contributed by atoms with Gasteiger partial charge in [-0.05, 0) is 20.8 Å². The second-order valence-electron chi connectivity index (χ2n) is 2.45. The Morgan fingerprint density at radius 1 is 1.64 bits per heavy atom. The third-order valence-electron chi connectivity index (χ3n) is 1.22. The van der Waals surface area contributed by atoms with Gasteiger partial charge in [-0.1, -0.05) is 0 Å². The van der Waals surface area contributed by atoms with Gasteiger partial charge in [0.25, 0.3) is 0 Å². The van der Waals surface area contributed by atoms with Crippen LogP contribution in [-0.4, -0.2) is 29.8 Å². The van der Waals surface area contributed by atoms with Crippen LogP contribution in [0.25, 0.3) is 0 Å². The Morgan fingerprint density at radius 2 is 2.18 bits per heavy atom. The fourth-order valence-electron chi connectivity index (χ4n) is 0.696. The zero-order chi connectivity index (χ0) is 8.85. The van der Waals surface area contributed by atoms with Gasteiger partial charge in [0.1, 0.15) is 0 Å². The quantitative estimate of drug-likeness (QED) is 0.319. The summed E-state index contributed by atoms with van der Waals surface area (Å²) in [6.45, 7) is 6.43. The summed E-state index contributed by atoms with van der Waals surface area (Å²) in [5.41, 5.74) is 0. The molecule has 3 N–H and O–H groups in total. The zero-order valence-electron chi connectivity index (χ0n) is 7.23. The van der Waals surface area contributed by atoms with Gasteiger partial charge < -0.3 is 5.32 Å². The Bertz CT molecular complexity index is 141. The lowest BCUT2D eigenvalue weighted by molar-refractivity contribution is 0.489. The van der Waals surface area contributed by atoms with Crippen molar-refractivity contribution in [2.75, 3.05) is 6.54 Å². The molecule has 1 radical (unpaired) electrons. The number of hydrogen-bond donors (Lipinski definition) is 3. The summed E-state index contributed by atoms with van der Waals surface area (Å²) < 4.78 is 0. The van der Waals surface area contributed by atoms with Crippen LogP contribution in [0.1, 0.15) is 20.8 Å². The zero-order valence-corrected chi connectivity index (χ0v) is 7.23. The van der Waals surface area contributed by atoms with Gasteiger partial charge in [-0.25, -0.2) is 0 Å². The van der Waals surface area contributed by atoms with Crippen LogP contribution < -0.4 is 5.32 Å². The minimum Gasteiger partial charge on any atom is -0.356 e. The highest BCUT2D eigenvalue weighted by atomic mass is 15.3. The molecule has 0 fully saturated rings. The molecule has 0 bridgehead atoms. The summed E-state index contributed by atoms with van der Waals surface area (Å²) in [4.78, 5) is 1.43. The number of nitrogens with one attached hydrogen (secondary N) is 3. The molecular formula is C7H15N4. The maximum atomic E-state index is 7.41. The molecule has 0 aliphatic heterocycles. The van der Waals surface area contributed by atoms with Crippen LogP contribution in [0.5, 0.6) is 0 Å². The molecule has 63 valence electrons. The average molecular weight is 155 g/mol. The normalized spacial score (nSPS) is 9.45. The fraction of sp³-hybridized carbons (Fsp3) is 0.714. The van der Waals surface area contributed by atoms with Gasteiger partial charge in [0.2, 0.25) is 0 Å². The molecular weight excluding hydrogens is 140 g/mol. The van der Waals surface area contributed by atoms with Gasteiger partial charge in [0.05, 0.1) is 0 Å². The van der Waals surface area contributed by atoms with Crippen molar-refractivity contribution in [2.45, 2.75) is 26.8 Å². The molecule has 0 spiro atoms. The van der Waals surface area contributed by atoms with Crippen LogP contribution >= 0.6 is 0 Å². The lowest BCUT2D eigenvalue weighted by Crippen LogP contribution is -2.43. The summed E-state index contributed by atoms with van der Waals surface area (Å²) in [6.07, 6.45) is 2.18. The summed E-state index contributed by atoms with van der Waals surface area (Å²) in [6, 6.07) is 0.110. The molecule has 0 aliphatic rings. The van der Waals surface area contributed by atoms with Crippen molar-refractivity contribution >= 4 is 12.3 Å². The van der Waals surface area contributed by atoms with Crippen LogP contribution in [0.4, 0.5) is 0 Å². The van der Waals surface area contributed by atoms with E-state index in [-0.39, 0.29) is 12.0 Å². The van der Waals surface area contributed by atoms with Gasteiger partial charge in [0.15, 0.2) is 12.3 Å². The van der Waals surface area contributed by atoms with Gasteiger partial charge in [0, 0.05) is 12.6 Å². The summed E-state index contributed by atoms with van der Waals surface area (Å²) in [5, 5.41) is 17.1. The van der Waals surface area contributed by atoms with Crippen molar-refractivity contribution in [1.82, 2.24) is 10.2 Å². The van der Waals surface area contributed by atoms with E-state index in [4.69, 9.17) is 10.8 Å². The summed E-state index contributed by atoms with van der Waals surface area (Å²) in [5.74, 6) is 0.234. The topological polar surface area (TPSA) is 63.0 Å². The predicted molar refractivity (Wildman–Crippen MR) is 46.1 cm³/mol. The SMILES string of the molecule is CCNC(=N)N([C]=N)C(C)C. The number of rotatable bonds is 3. The first-order valence-corrected chi connectivity index (χ1v) is 3.67. The smallest absolute Gasteiger partial charge is 0.197 e. The van der Waals surface area contributed by atoms with Crippen LogP contribution in [-0.2, 0) is 0 Å². The first-order valence-electron chi connectivity index (χ1n) is 3.67. The van der Waals surface area contributed by atoms with E-state index in [9.17, 15) is 0 Å². The maximum Gasteiger partial charge on any atom is 0.197 e. The van der Waals surface area contributed by atoms with Crippen molar-refractivity contribution in [2.24, 2.45) is 0 Å². The van der Waals surface area contributed by atoms with Gasteiger partial charge in [-0.3, -0.25) is 15.7 Å². The van der Waals surface area contributed by atoms with Crippen molar-refractivity contribution < 1.29 is 0 Å². The van der Waals surface area contributed by atoms with Crippen molar-refractivity contribution in [1.29, 1.82) is 10.8 Å². The van der Waals surface area contributed by atoms with E-state index in [1.54, 1.807) is 0 Å². The third kappa shape index (κ3) is 3.02. The third-order valence-corrected chi connectivity index (χ3v) is 1.22. The van der Waals surface area contributed by atoms with Crippen LogP contribution in [0.15, 0.2) is 0 Å². The lowest BCUT2D eigenvalue weighted by atomic mass is 10.3. The van der Waals surface area contributed by atoms with E-state index in [1.165, 1.54) is 4.90 Å².